The zero-order chi connectivity index (χ0) is 7.82. The van der Waals surface area contributed by atoms with Crippen LogP contribution in [0.3, 0.4) is 0 Å². The van der Waals surface area contributed by atoms with Gasteiger partial charge in [0.2, 0.25) is 0 Å². The highest BCUT2D eigenvalue weighted by Crippen LogP contribution is 1.67. The van der Waals surface area contributed by atoms with Crippen LogP contribution in [0.1, 0.15) is 6.92 Å². The predicted molar refractivity (Wildman–Crippen MR) is 44.1 cm³/mol. The summed E-state index contributed by atoms with van der Waals surface area (Å²) in [5, 5.41) is 3.10. The van der Waals surface area contributed by atoms with Crippen LogP contribution in [0, 0.1) is 0 Å². The summed E-state index contributed by atoms with van der Waals surface area (Å²) in [6.45, 7) is 4.89. The van der Waals surface area contributed by atoms with E-state index in [0.29, 0.717) is 12.4 Å². The van der Waals surface area contributed by atoms with Gasteiger partial charge in [-0.25, -0.2) is 0 Å². The van der Waals surface area contributed by atoms with Crippen molar-refractivity contribution < 1.29 is 0 Å². The van der Waals surface area contributed by atoms with Gasteiger partial charge in [-0.3, -0.25) is 4.99 Å². The third kappa shape index (κ3) is 7.39. The fourth-order valence-corrected chi connectivity index (χ4v) is 0.538. The Bertz CT molecular complexity index is 95.9. The number of hydrogen-bond donors (Lipinski definition) is 3. The van der Waals surface area contributed by atoms with E-state index in [0.717, 1.165) is 19.6 Å². The summed E-state index contributed by atoms with van der Waals surface area (Å²) < 4.78 is 0. The van der Waals surface area contributed by atoms with Crippen LogP contribution < -0.4 is 16.8 Å². The molecule has 5 N–H and O–H groups in total. The average molecular weight is 144 g/mol. The van der Waals surface area contributed by atoms with Gasteiger partial charge in [0.25, 0.3) is 0 Å². The third-order valence-corrected chi connectivity index (χ3v) is 0.971. The largest absolute Gasteiger partial charge is 0.388 e. The highest BCUT2D eigenvalue weighted by molar-refractivity contribution is 5.77. The number of aliphatic imine (C=N–C) groups is 1. The lowest BCUT2D eigenvalue weighted by atomic mass is 10.5. The van der Waals surface area contributed by atoms with E-state index in [1.807, 2.05) is 0 Å². The van der Waals surface area contributed by atoms with Gasteiger partial charge in [0.05, 0.1) is 12.4 Å². The molecular weight excluding hydrogens is 128 g/mol. The second-order valence-electron chi connectivity index (χ2n) is 2.06. The summed E-state index contributed by atoms with van der Waals surface area (Å²) in [6, 6.07) is 0. The van der Waals surface area contributed by atoms with Crippen LogP contribution in [-0.2, 0) is 0 Å². The molecule has 60 valence electrons. The van der Waals surface area contributed by atoms with Gasteiger partial charge in [-0.2, -0.15) is 0 Å². The number of amidine groups is 1. The summed E-state index contributed by atoms with van der Waals surface area (Å²) in [7, 11) is 0. The van der Waals surface area contributed by atoms with E-state index in [-0.39, 0.29) is 0 Å². The summed E-state index contributed by atoms with van der Waals surface area (Å²) in [6.07, 6.45) is 0. The van der Waals surface area contributed by atoms with Crippen molar-refractivity contribution in [2.24, 2.45) is 16.5 Å². The van der Waals surface area contributed by atoms with E-state index in [1.165, 1.54) is 0 Å². The molecule has 0 aliphatic rings. The lowest BCUT2D eigenvalue weighted by Gasteiger charge is -1.98. The molecule has 4 heteroatoms. The fourth-order valence-electron chi connectivity index (χ4n) is 0.538. The zero-order valence-corrected chi connectivity index (χ0v) is 6.43. The van der Waals surface area contributed by atoms with E-state index in [9.17, 15) is 0 Å². The molecule has 0 spiro atoms. The summed E-state index contributed by atoms with van der Waals surface area (Å²) in [5.41, 5.74) is 10.6. The molecule has 0 atom stereocenters. The standard InChI is InChI=1S/C6H16N4/c1-6(8)10-5-4-9-3-2-7/h9H,2-5,7H2,1H3,(H2,8,10). The Hall–Kier alpha value is -0.610. The monoisotopic (exact) mass is 144 g/mol. The first-order valence-corrected chi connectivity index (χ1v) is 3.44. The predicted octanol–water partition coefficient (Wildman–Crippen LogP) is -1.09. The quantitative estimate of drug-likeness (QED) is 0.261. The van der Waals surface area contributed by atoms with Crippen molar-refractivity contribution in [1.29, 1.82) is 0 Å². The molecule has 0 bridgehead atoms. The first-order chi connectivity index (χ1) is 4.77. The van der Waals surface area contributed by atoms with Crippen LogP contribution in [0.15, 0.2) is 4.99 Å². The molecule has 0 saturated heterocycles. The Morgan fingerprint density at radius 3 is 2.70 bits per heavy atom. The van der Waals surface area contributed by atoms with Crippen molar-refractivity contribution in [2.45, 2.75) is 6.92 Å². The van der Waals surface area contributed by atoms with Gasteiger partial charge in [-0.15, -0.1) is 0 Å². The Morgan fingerprint density at radius 1 is 1.50 bits per heavy atom. The van der Waals surface area contributed by atoms with Gasteiger partial charge in [0, 0.05) is 19.6 Å². The van der Waals surface area contributed by atoms with Crippen molar-refractivity contribution in [2.75, 3.05) is 26.2 Å². The summed E-state index contributed by atoms with van der Waals surface area (Å²) in [5.74, 6) is 0.634. The van der Waals surface area contributed by atoms with Crippen molar-refractivity contribution in [3.8, 4) is 0 Å². The second kappa shape index (κ2) is 6.51. The van der Waals surface area contributed by atoms with Gasteiger partial charge in [0.15, 0.2) is 0 Å². The zero-order valence-electron chi connectivity index (χ0n) is 6.43. The van der Waals surface area contributed by atoms with Gasteiger partial charge in [-0.1, -0.05) is 0 Å². The van der Waals surface area contributed by atoms with Crippen LogP contribution in [0.4, 0.5) is 0 Å². The maximum Gasteiger partial charge on any atom is 0.0906 e. The van der Waals surface area contributed by atoms with Crippen molar-refractivity contribution in [3.05, 3.63) is 0 Å². The molecule has 0 amide bonds. The number of nitrogens with one attached hydrogen (secondary N) is 1. The highest BCUT2D eigenvalue weighted by atomic mass is 14.9. The number of hydrogen-bond acceptors (Lipinski definition) is 3. The van der Waals surface area contributed by atoms with E-state index < -0.39 is 0 Å². The molecular formula is C6H16N4. The van der Waals surface area contributed by atoms with Crippen LogP contribution in [0.2, 0.25) is 0 Å². The Labute approximate surface area is 61.7 Å². The molecule has 0 aromatic carbocycles. The van der Waals surface area contributed by atoms with Gasteiger partial charge in [-0.05, 0) is 6.92 Å². The highest BCUT2D eigenvalue weighted by Gasteiger charge is 1.82. The molecule has 4 nitrogen and oxygen atoms in total. The summed E-state index contributed by atoms with van der Waals surface area (Å²) in [4.78, 5) is 3.99. The van der Waals surface area contributed by atoms with Crippen LogP contribution in [0.25, 0.3) is 0 Å². The van der Waals surface area contributed by atoms with Crippen molar-refractivity contribution in [1.82, 2.24) is 5.32 Å². The first kappa shape index (κ1) is 9.39. The first-order valence-electron chi connectivity index (χ1n) is 3.44. The molecule has 0 aliphatic carbocycles. The Kier molecular flexibility index (Phi) is 6.11. The van der Waals surface area contributed by atoms with E-state index in [4.69, 9.17) is 11.5 Å². The topological polar surface area (TPSA) is 76.4 Å². The minimum atomic E-state index is 0.634. The number of rotatable bonds is 5. The van der Waals surface area contributed by atoms with Crippen LogP contribution in [-0.4, -0.2) is 32.0 Å². The fraction of sp³-hybridized carbons (Fsp3) is 0.833. The van der Waals surface area contributed by atoms with E-state index >= 15 is 0 Å². The molecule has 0 radical (unpaired) electrons. The van der Waals surface area contributed by atoms with Crippen molar-refractivity contribution in [3.63, 3.8) is 0 Å². The smallest absolute Gasteiger partial charge is 0.0906 e. The SMILES string of the molecule is CC(N)=NCCNCCN. The third-order valence-electron chi connectivity index (χ3n) is 0.971. The number of nitrogens with two attached hydrogens (primary N) is 2. The van der Waals surface area contributed by atoms with Crippen LogP contribution in [0.5, 0.6) is 0 Å². The normalized spacial score (nSPS) is 12.0. The molecule has 0 aromatic rings. The van der Waals surface area contributed by atoms with Gasteiger partial charge >= 0.3 is 0 Å². The molecule has 0 unspecified atom stereocenters. The molecule has 0 fully saturated rings. The lowest BCUT2D eigenvalue weighted by molar-refractivity contribution is 0.696. The Morgan fingerprint density at radius 2 is 2.20 bits per heavy atom. The molecule has 0 aromatic heterocycles. The van der Waals surface area contributed by atoms with E-state index in [1.54, 1.807) is 6.92 Å². The molecule has 0 aliphatic heterocycles. The summed E-state index contributed by atoms with van der Waals surface area (Å²) >= 11 is 0. The second-order valence-corrected chi connectivity index (χ2v) is 2.06. The van der Waals surface area contributed by atoms with Gasteiger partial charge < -0.3 is 16.8 Å². The number of nitrogens with zero attached hydrogens (tertiary/aromatic N) is 1. The van der Waals surface area contributed by atoms with Crippen molar-refractivity contribution >= 4 is 5.84 Å². The maximum absolute atomic E-state index is 5.30. The molecule has 10 heavy (non-hydrogen) atoms. The lowest BCUT2D eigenvalue weighted by Crippen LogP contribution is -2.25. The maximum atomic E-state index is 5.30. The van der Waals surface area contributed by atoms with Crippen LogP contribution >= 0.6 is 0 Å². The molecule has 0 rings (SSSR count). The molecule has 0 heterocycles. The average Bonchev–Trinajstić information content (AvgIpc) is 1.87. The minimum absolute atomic E-state index is 0.634. The minimum Gasteiger partial charge on any atom is -0.388 e. The van der Waals surface area contributed by atoms with E-state index in [2.05, 4.69) is 10.3 Å². The molecule has 0 saturated carbocycles. The Balaban J connectivity index is 2.98. The van der Waals surface area contributed by atoms with Gasteiger partial charge in [0.1, 0.15) is 0 Å².